The molecule has 1 aliphatic rings. The van der Waals surface area contributed by atoms with Crippen LogP contribution in [-0.2, 0) is 11.3 Å². The molecule has 2 amide bonds. The van der Waals surface area contributed by atoms with Gasteiger partial charge in [0.1, 0.15) is 0 Å². The minimum Gasteiger partial charge on any atom is -0.336 e. The van der Waals surface area contributed by atoms with E-state index in [2.05, 4.69) is 16.9 Å². The fourth-order valence-electron chi connectivity index (χ4n) is 3.27. The summed E-state index contributed by atoms with van der Waals surface area (Å²) in [5.74, 6) is -0.0227. The third-order valence-corrected chi connectivity index (χ3v) is 5.38. The average molecular weight is 385 g/mol. The van der Waals surface area contributed by atoms with E-state index >= 15 is 0 Å². The van der Waals surface area contributed by atoms with E-state index in [-0.39, 0.29) is 17.9 Å². The Kier molecular flexibility index (Phi) is 6.45. The molecule has 1 fully saturated rings. The van der Waals surface area contributed by atoms with Crippen molar-refractivity contribution in [2.75, 3.05) is 19.3 Å². The normalized spacial score (nSPS) is 17.7. The molecule has 2 heterocycles. The van der Waals surface area contributed by atoms with Gasteiger partial charge in [-0.2, -0.15) is 0 Å². The van der Waals surface area contributed by atoms with Gasteiger partial charge in [-0.25, -0.2) is 9.97 Å². The van der Waals surface area contributed by atoms with Gasteiger partial charge in [0.25, 0.3) is 5.91 Å². The Balaban J connectivity index is 1.76. The zero-order chi connectivity index (χ0) is 19.2. The first-order valence-electron chi connectivity index (χ1n) is 9.11. The van der Waals surface area contributed by atoms with E-state index < -0.39 is 0 Å². The fraction of sp³-hybridized carbons (Fsp3) is 0.400. The molecule has 1 unspecified atom stereocenters. The smallest absolute Gasteiger partial charge is 0.257 e. The van der Waals surface area contributed by atoms with Gasteiger partial charge >= 0.3 is 0 Å². The van der Waals surface area contributed by atoms with E-state index in [1.165, 1.54) is 11.8 Å². The summed E-state index contributed by atoms with van der Waals surface area (Å²) in [5, 5.41) is 0.637. The lowest BCUT2D eigenvalue weighted by molar-refractivity contribution is -0.133. The molecule has 1 aliphatic heterocycles. The van der Waals surface area contributed by atoms with Crippen LogP contribution in [0.2, 0.25) is 0 Å². The molecule has 1 atom stereocenters. The Bertz CT molecular complexity index is 782. The summed E-state index contributed by atoms with van der Waals surface area (Å²) in [6.45, 7) is 3.58. The Morgan fingerprint density at radius 2 is 1.93 bits per heavy atom. The minimum atomic E-state index is -0.115. The molecule has 1 saturated heterocycles. The number of carbonyl (C=O) groups is 2. The number of hydrogen-bond donors (Lipinski definition) is 0. The van der Waals surface area contributed by atoms with Crippen LogP contribution in [0.4, 0.5) is 0 Å². The third kappa shape index (κ3) is 4.66. The van der Waals surface area contributed by atoms with Crippen molar-refractivity contribution in [3.63, 3.8) is 0 Å². The number of aromatic nitrogens is 2. The fourth-order valence-corrected chi connectivity index (χ4v) is 3.58. The van der Waals surface area contributed by atoms with Crippen LogP contribution in [0.5, 0.6) is 0 Å². The van der Waals surface area contributed by atoms with Crippen LogP contribution in [-0.4, -0.2) is 57.0 Å². The number of nitrogens with zero attached hydrogens (tertiary/aromatic N) is 4. The summed E-state index contributed by atoms with van der Waals surface area (Å²) >= 11 is 1.44. The van der Waals surface area contributed by atoms with Gasteiger partial charge in [-0.05, 0) is 18.2 Å². The molecule has 0 spiro atoms. The highest BCUT2D eigenvalue weighted by Gasteiger charge is 2.31. The first-order chi connectivity index (χ1) is 13.1. The number of benzene rings is 1. The van der Waals surface area contributed by atoms with Crippen LogP contribution in [0.15, 0.2) is 47.9 Å². The largest absolute Gasteiger partial charge is 0.336 e. The summed E-state index contributed by atoms with van der Waals surface area (Å²) < 4.78 is 0. The van der Waals surface area contributed by atoms with E-state index in [1.807, 2.05) is 41.5 Å². The topological polar surface area (TPSA) is 66.4 Å². The summed E-state index contributed by atoms with van der Waals surface area (Å²) in [7, 11) is 0. The quantitative estimate of drug-likeness (QED) is 0.586. The molecular formula is C20H24N4O2S. The van der Waals surface area contributed by atoms with Gasteiger partial charge in [-0.1, -0.05) is 49.0 Å². The zero-order valence-corrected chi connectivity index (χ0v) is 16.5. The van der Waals surface area contributed by atoms with Gasteiger partial charge in [-0.3, -0.25) is 9.59 Å². The molecule has 1 aromatic carbocycles. The Morgan fingerprint density at radius 3 is 2.56 bits per heavy atom. The number of hydrogen-bond acceptors (Lipinski definition) is 5. The third-order valence-electron chi connectivity index (χ3n) is 4.80. The molecule has 7 heteroatoms. The highest BCUT2D eigenvalue weighted by Crippen LogP contribution is 2.19. The number of amides is 2. The maximum absolute atomic E-state index is 12.9. The van der Waals surface area contributed by atoms with Crippen LogP contribution >= 0.6 is 11.8 Å². The highest BCUT2D eigenvalue weighted by molar-refractivity contribution is 7.98. The van der Waals surface area contributed by atoms with Crippen molar-refractivity contribution in [1.29, 1.82) is 0 Å². The zero-order valence-electron chi connectivity index (χ0n) is 15.7. The molecule has 0 saturated carbocycles. The van der Waals surface area contributed by atoms with Crippen LogP contribution in [0, 0.1) is 0 Å². The second-order valence-corrected chi connectivity index (χ2v) is 7.30. The number of rotatable bonds is 5. The lowest BCUT2D eigenvalue weighted by atomic mass is 10.1. The number of carbonyl (C=O) groups excluding carboxylic acids is 2. The van der Waals surface area contributed by atoms with Crippen molar-refractivity contribution in [3.05, 3.63) is 53.9 Å². The van der Waals surface area contributed by atoms with Gasteiger partial charge in [0.15, 0.2) is 5.16 Å². The lowest BCUT2D eigenvalue weighted by Gasteiger charge is -2.31. The molecule has 0 bridgehead atoms. The molecule has 0 radical (unpaired) electrons. The van der Waals surface area contributed by atoms with E-state index in [0.29, 0.717) is 36.8 Å². The van der Waals surface area contributed by atoms with Crippen LogP contribution < -0.4 is 0 Å². The van der Waals surface area contributed by atoms with Gasteiger partial charge in [-0.15, -0.1) is 0 Å². The molecule has 6 nitrogen and oxygen atoms in total. The van der Waals surface area contributed by atoms with E-state index in [9.17, 15) is 9.59 Å². The van der Waals surface area contributed by atoms with Crippen LogP contribution in [0.3, 0.4) is 0 Å². The molecule has 27 heavy (non-hydrogen) atoms. The van der Waals surface area contributed by atoms with Crippen molar-refractivity contribution >= 4 is 23.6 Å². The van der Waals surface area contributed by atoms with E-state index in [4.69, 9.17) is 0 Å². The Morgan fingerprint density at radius 1 is 1.22 bits per heavy atom. The molecule has 3 rings (SSSR count). The van der Waals surface area contributed by atoms with E-state index in [0.717, 1.165) is 12.0 Å². The second-order valence-electron chi connectivity index (χ2n) is 6.53. The van der Waals surface area contributed by atoms with Gasteiger partial charge in [0.05, 0.1) is 5.56 Å². The lowest BCUT2D eigenvalue weighted by Crippen LogP contribution is -2.43. The van der Waals surface area contributed by atoms with Crippen molar-refractivity contribution in [2.24, 2.45) is 0 Å². The molecule has 0 N–H and O–H groups in total. The monoisotopic (exact) mass is 384 g/mol. The standard InChI is InChI=1S/C20H24N4O2S/c1-3-17-14-23(19(26)16-11-21-20(27-2)22-12-16)10-9-18(25)24(17)13-15-7-5-4-6-8-15/h4-8,11-12,17H,3,9-10,13-14H2,1-2H3. The SMILES string of the molecule is CCC1CN(C(=O)c2cnc(SC)nc2)CCC(=O)N1Cc1ccccc1. The summed E-state index contributed by atoms with van der Waals surface area (Å²) in [6, 6.07) is 9.97. The van der Waals surface area contributed by atoms with E-state index in [1.54, 1.807) is 17.3 Å². The van der Waals surface area contributed by atoms with Crippen molar-refractivity contribution in [3.8, 4) is 0 Å². The molecule has 142 valence electrons. The molecular weight excluding hydrogens is 360 g/mol. The molecule has 1 aromatic heterocycles. The van der Waals surface area contributed by atoms with Crippen molar-refractivity contribution < 1.29 is 9.59 Å². The molecule has 0 aliphatic carbocycles. The maximum Gasteiger partial charge on any atom is 0.257 e. The Hall–Kier alpha value is -2.41. The first-order valence-corrected chi connectivity index (χ1v) is 10.3. The van der Waals surface area contributed by atoms with Gasteiger partial charge in [0.2, 0.25) is 5.91 Å². The maximum atomic E-state index is 12.9. The minimum absolute atomic E-state index is 0.00412. The summed E-state index contributed by atoms with van der Waals surface area (Å²) in [4.78, 5) is 37.7. The highest BCUT2D eigenvalue weighted by atomic mass is 32.2. The van der Waals surface area contributed by atoms with Gasteiger partial charge < -0.3 is 9.80 Å². The average Bonchev–Trinajstić information content (AvgIpc) is 2.87. The van der Waals surface area contributed by atoms with Crippen LogP contribution in [0.1, 0.15) is 35.7 Å². The number of thioether (sulfide) groups is 1. The first kappa shape index (κ1) is 19.4. The van der Waals surface area contributed by atoms with Crippen molar-refractivity contribution in [1.82, 2.24) is 19.8 Å². The summed E-state index contributed by atoms with van der Waals surface area (Å²) in [5.41, 5.74) is 1.57. The predicted molar refractivity (Wildman–Crippen MR) is 105 cm³/mol. The summed E-state index contributed by atoms with van der Waals surface area (Å²) in [6.07, 6.45) is 6.15. The van der Waals surface area contributed by atoms with Crippen molar-refractivity contribution in [2.45, 2.75) is 37.5 Å². The van der Waals surface area contributed by atoms with Crippen LogP contribution in [0.25, 0.3) is 0 Å². The molecule has 2 aromatic rings. The Labute approximate surface area is 164 Å². The second kappa shape index (κ2) is 8.99. The van der Waals surface area contributed by atoms with Gasteiger partial charge in [0, 0.05) is 44.5 Å². The predicted octanol–water partition coefficient (Wildman–Crippen LogP) is 2.85.